The van der Waals surface area contributed by atoms with Gasteiger partial charge < -0.3 is 16.2 Å². The summed E-state index contributed by atoms with van der Waals surface area (Å²) in [5.41, 5.74) is 9.12. The molecule has 0 saturated heterocycles. The molecule has 2 aromatic carbocycles. The molecule has 0 spiro atoms. The van der Waals surface area contributed by atoms with Crippen LogP contribution in [0.5, 0.6) is 0 Å². The van der Waals surface area contributed by atoms with Crippen molar-refractivity contribution in [3.63, 3.8) is 0 Å². The van der Waals surface area contributed by atoms with Gasteiger partial charge in [0.25, 0.3) is 0 Å². The van der Waals surface area contributed by atoms with Gasteiger partial charge in [0, 0.05) is 17.1 Å². The molecule has 0 bridgehead atoms. The van der Waals surface area contributed by atoms with E-state index in [4.69, 9.17) is 10.8 Å². The molecule has 0 aliphatic rings. The van der Waals surface area contributed by atoms with E-state index in [1.807, 2.05) is 12.1 Å². The van der Waals surface area contributed by atoms with Crippen LogP contribution in [0.2, 0.25) is 0 Å². The first-order valence-electron chi connectivity index (χ1n) is 6.59. The predicted octanol–water partition coefficient (Wildman–Crippen LogP) is 3.66. The lowest BCUT2D eigenvalue weighted by Crippen LogP contribution is -2.03. The van der Waals surface area contributed by atoms with Gasteiger partial charge in [-0.15, -0.1) is 0 Å². The summed E-state index contributed by atoms with van der Waals surface area (Å²) in [7, 11) is 0. The maximum Gasteiger partial charge on any atom is 0.337 e. The zero-order valence-corrected chi connectivity index (χ0v) is 11.4. The molecule has 0 amide bonds. The van der Waals surface area contributed by atoms with E-state index in [0.717, 1.165) is 24.2 Å². The number of nitrogens with two attached hydrogens (primary N) is 1. The summed E-state index contributed by atoms with van der Waals surface area (Å²) in [6.07, 6.45) is 2.19. The van der Waals surface area contributed by atoms with Gasteiger partial charge in [0.2, 0.25) is 0 Å². The largest absolute Gasteiger partial charge is 0.478 e. The highest BCUT2D eigenvalue weighted by Gasteiger charge is 2.07. The Hall–Kier alpha value is -2.49. The quantitative estimate of drug-likeness (QED) is 0.725. The average molecular weight is 270 g/mol. The number of carbonyl (C=O) groups is 1. The number of hydrogen-bond acceptors (Lipinski definition) is 3. The van der Waals surface area contributed by atoms with Crippen LogP contribution >= 0.6 is 0 Å². The molecule has 0 heterocycles. The topological polar surface area (TPSA) is 75.3 Å². The maximum atomic E-state index is 10.9. The van der Waals surface area contributed by atoms with Gasteiger partial charge in [-0.2, -0.15) is 0 Å². The van der Waals surface area contributed by atoms with Crippen molar-refractivity contribution in [3.8, 4) is 0 Å². The highest BCUT2D eigenvalue weighted by atomic mass is 16.4. The average Bonchev–Trinajstić information content (AvgIpc) is 2.41. The number of aryl methyl sites for hydroxylation is 1. The summed E-state index contributed by atoms with van der Waals surface area (Å²) < 4.78 is 0. The number of hydrogen-bond donors (Lipinski definition) is 3. The Morgan fingerprint density at radius 3 is 2.35 bits per heavy atom. The number of benzene rings is 2. The molecule has 104 valence electrons. The lowest BCUT2D eigenvalue weighted by atomic mass is 10.1. The van der Waals surface area contributed by atoms with Gasteiger partial charge in [-0.25, -0.2) is 4.79 Å². The summed E-state index contributed by atoms with van der Waals surface area (Å²) in [4.78, 5) is 10.9. The minimum absolute atomic E-state index is 0.119. The van der Waals surface area contributed by atoms with Crippen molar-refractivity contribution in [1.82, 2.24) is 0 Å². The molecule has 0 aliphatic carbocycles. The van der Waals surface area contributed by atoms with Crippen LogP contribution < -0.4 is 11.1 Å². The Balaban J connectivity index is 2.13. The highest BCUT2D eigenvalue weighted by molar-refractivity contribution is 5.94. The smallest absolute Gasteiger partial charge is 0.337 e. The van der Waals surface area contributed by atoms with E-state index in [1.54, 1.807) is 12.1 Å². The molecular weight excluding hydrogens is 252 g/mol. The Morgan fingerprint density at radius 2 is 1.80 bits per heavy atom. The summed E-state index contributed by atoms with van der Waals surface area (Å²) in [5, 5.41) is 12.1. The molecule has 0 saturated carbocycles. The second-order valence-corrected chi connectivity index (χ2v) is 4.68. The number of aromatic carboxylic acids is 1. The van der Waals surface area contributed by atoms with Crippen molar-refractivity contribution in [3.05, 3.63) is 53.6 Å². The van der Waals surface area contributed by atoms with Crippen molar-refractivity contribution < 1.29 is 9.90 Å². The zero-order chi connectivity index (χ0) is 14.5. The Labute approximate surface area is 118 Å². The lowest BCUT2D eigenvalue weighted by Gasteiger charge is -2.09. The number of anilines is 3. The standard InChI is InChI=1S/C16H18N2O2/c1-2-3-11-4-6-12(7-5-11)18-13-8-9-14(16(19)20)15(17)10-13/h4-10,18H,2-3,17H2,1H3,(H,19,20). The van der Waals surface area contributed by atoms with E-state index in [0.29, 0.717) is 0 Å². The molecule has 2 rings (SSSR count). The summed E-state index contributed by atoms with van der Waals surface area (Å²) >= 11 is 0. The van der Waals surface area contributed by atoms with Gasteiger partial charge in [0.05, 0.1) is 5.56 Å². The van der Waals surface area contributed by atoms with Gasteiger partial charge >= 0.3 is 5.97 Å². The summed E-state index contributed by atoms with van der Waals surface area (Å²) in [6.45, 7) is 2.15. The second kappa shape index (κ2) is 6.10. The van der Waals surface area contributed by atoms with Gasteiger partial charge in [-0.05, 0) is 42.3 Å². The van der Waals surface area contributed by atoms with Crippen LogP contribution in [0.3, 0.4) is 0 Å². The van der Waals surface area contributed by atoms with E-state index in [1.165, 1.54) is 11.6 Å². The van der Waals surface area contributed by atoms with Crippen molar-refractivity contribution in [2.24, 2.45) is 0 Å². The molecule has 0 fully saturated rings. The van der Waals surface area contributed by atoms with Crippen LogP contribution in [0.25, 0.3) is 0 Å². The fraction of sp³-hybridized carbons (Fsp3) is 0.188. The third-order valence-electron chi connectivity index (χ3n) is 3.06. The van der Waals surface area contributed by atoms with E-state index >= 15 is 0 Å². The van der Waals surface area contributed by atoms with Crippen LogP contribution in [-0.4, -0.2) is 11.1 Å². The van der Waals surface area contributed by atoms with Crippen molar-refractivity contribution in [1.29, 1.82) is 0 Å². The number of rotatable bonds is 5. The van der Waals surface area contributed by atoms with Crippen LogP contribution in [0.1, 0.15) is 29.3 Å². The molecule has 4 N–H and O–H groups in total. The minimum atomic E-state index is -1.02. The molecule has 4 nitrogen and oxygen atoms in total. The molecule has 4 heteroatoms. The molecule has 2 aromatic rings. The Bertz CT molecular complexity index is 606. The Morgan fingerprint density at radius 1 is 1.15 bits per heavy atom. The lowest BCUT2D eigenvalue weighted by molar-refractivity contribution is 0.0698. The van der Waals surface area contributed by atoms with Crippen LogP contribution in [-0.2, 0) is 6.42 Å². The second-order valence-electron chi connectivity index (χ2n) is 4.68. The van der Waals surface area contributed by atoms with E-state index in [-0.39, 0.29) is 11.3 Å². The minimum Gasteiger partial charge on any atom is -0.478 e. The SMILES string of the molecule is CCCc1ccc(Nc2ccc(C(=O)O)c(N)c2)cc1. The number of carboxylic acid groups (broad SMARTS) is 1. The normalized spacial score (nSPS) is 10.2. The fourth-order valence-corrected chi connectivity index (χ4v) is 2.05. The first-order valence-corrected chi connectivity index (χ1v) is 6.59. The fourth-order valence-electron chi connectivity index (χ4n) is 2.05. The monoisotopic (exact) mass is 270 g/mol. The van der Waals surface area contributed by atoms with E-state index < -0.39 is 5.97 Å². The van der Waals surface area contributed by atoms with E-state index in [2.05, 4.69) is 24.4 Å². The van der Waals surface area contributed by atoms with Gasteiger partial charge in [-0.1, -0.05) is 25.5 Å². The summed E-state index contributed by atoms with van der Waals surface area (Å²) in [6, 6.07) is 13.0. The number of nitrogen functional groups attached to an aromatic ring is 1. The number of nitrogens with one attached hydrogen (secondary N) is 1. The zero-order valence-electron chi connectivity index (χ0n) is 11.4. The van der Waals surface area contributed by atoms with Crippen LogP contribution in [0.15, 0.2) is 42.5 Å². The van der Waals surface area contributed by atoms with Crippen molar-refractivity contribution >= 4 is 23.0 Å². The molecule has 0 radical (unpaired) electrons. The highest BCUT2D eigenvalue weighted by Crippen LogP contribution is 2.22. The molecular formula is C16H18N2O2. The molecule has 0 aromatic heterocycles. The van der Waals surface area contributed by atoms with E-state index in [9.17, 15) is 4.79 Å². The molecule has 20 heavy (non-hydrogen) atoms. The Kier molecular flexibility index (Phi) is 4.25. The van der Waals surface area contributed by atoms with Crippen molar-refractivity contribution in [2.75, 3.05) is 11.1 Å². The third kappa shape index (κ3) is 3.29. The maximum absolute atomic E-state index is 10.9. The molecule has 0 unspecified atom stereocenters. The molecule has 0 aliphatic heterocycles. The first kappa shape index (κ1) is 13.9. The summed E-state index contributed by atoms with van der Waals surface area (Å²) in [5.74, 6) is -1.02. The number of carboxylic acids is 1. The first-order chi connectivity index (χ1) is 9.60. The third-order valence-corrected chi connectivity index (χ3v) is 3.06. The van der Waals surface area contributed by atoms with Gasteiger partial charge in [0.1, 0.15) is 0 Å². The van der Waals surface area contributed by atoms with Gasteiger partial charge in [-0.3, -0.25) is 0 Å². The van der Waals surface area contributed by atoms with Crippen LogP contribution in [0.4, 0.5) is 17.1 Å². The van der Waals surface area contributed by atoms with Crippen molar-refractivity contribution in [2.45, 2.75) is 19.8 Å². The van der Waals surface area contributed by atoms with Gasteiger partial charge in [0.15, 0.2) is 0 Å². The van der Waals surface area contributed by atoms with Crippen LogP contribution in [0, 0.1) is 0 Å². The predicted molar refractivity (Wildman–Crippen MR) is 81.5 cm³/mol. The molecule has 0 atom stereocenters.